The summed E-state index contributed by atoms with van der Waals surface area (Å²) in [5.41, 5.74) is 3.34. The molecule has 0 fully saturated rings. The second-order valence-corrected chi connectivity index (χ2v) is 5.77. The average Bonchev–Trinajstić information content (AvgIpc) is 2.98. The van der Waals surface area contributed by atoms with E-state index in [-0.39, 0.29) is 11.7 Å². The van der Waals surface area contributed by atoms with E-state index >= 15 is 0 Å². The van der Waals surface area contributed by atoms with E-state index in [0.717, 1.165) is 22.6 Å². The molecular formula is C17H20FN5. The van der Waals surface area contributed by atoms with Gasteiger partial charge in [-0.2, -0.15) is 0 Å². The number of hydrogen-bond donors (Lipinski definition) is 1. The zero-order chi connectivity index (χ0) is 16.4. The fourth-order valence-electron chi connectivity index (χ4n) is 2.43. The Balaban J connectivity index is 2.11. The number of aromatic amines is 1. The molecule has 2 aromatic heterocycles. The second kappa shape index (κ2) is 6.32. The number of hydrogen-bond acceptors (Lipinski definition) is 3. The van der Waals surface area contributed by atoms with Gasteiger partial charge in [-0.1, -0.05) is 26.0 Å². The van der Waals surface area contributed by atoms with Crippen molar-refractivity contribution in [3.05, 3.63) is 53.3 Å². The van der Waals surface area contributed by atoms with Crippen LogP contribution in [0.3, 0.4) is 0 Å². The SMILES string of the molecule is CCN=c1ncn(Cc2ccc(F)cc2)c2nc(C(C)C)[nH]c12. The summed E-state index contributed by atoms with van der Waals surface area (Å²) < 4.78 is 15.0. The molecule has 1 aromatic carbocycles. The summed E-state index contributed by atoms with van der Waals surface area (Å²) in [5, 5.41) is 0. The summed E-state index contributed by atoms with van der Waals surface area (Å²) in [6.45, 7) is 7.41. The molecule has 0 atom stereocenters. The van der Waals surface area contributed by atoms with Crippen LogP contribution in [0.2, 0.25) is 0 Å². The Morgan fingerprint density at radius 1 is 1.26 bits per heavy atom. The smallest absolute Gasteiger partial charge is 0.176 e. The first-order valence-corrected chi connectivity index (χ1v) is 7.78. The Kier molecular flexibility index (Phi) is 4.23. The van der Waals surface area contributed by atoms with Crippen molar-refractivity contribution in [3.8, 4) is 0 Å². The van der Waals surface area contributed by atoms with Crippen molar-refractivity contribution in [2.45, 2.75) is 33.2 Å². The maximum atomic E-state index is 13.1. The molecule has 5 nitrogen and oxygen atoms in total. The van der Waals surface area contributed by atoms with Crippen LogP contribution in [0.15, 0.2) is 35.6 Å². The first-order chi connectivity index (χ1) is 11.1. The van der Waals surface area contributed by atoms with Gasteiger partial charge in [0.15, 0.2) is 11.1 Å². The summed E-state index contributed by atoms with van der Waals surface area (Å²) in [4.78, 5) is 16.9. The fraction of sp³-hybridized carbons (Fsp3) is 0.353. The average molecular weight is 313 g/mol. The summed E-state index contributed by atoms with van der Waals surface area (Å²) in [6, 6.07) is 6.47. The van der Waals surface area contributed by atoms with Crippen LogP contribution in [0.5, 0.6) is 0 Å². The number of nitrogens with one attached hydrogen (secondary N) is 1. The minimum atomic E-state index is -0.235. The fourth-order valence-corrected chi connectivity index (χ4v) is 2.43. The van der Waals surface area contributed by atoms with Crippen molar-refractivity contribution in [2.75, 3.05) is 6.54 Å². The molecule has 0 aliphatic rings. The summed E-state index contributed by atoms with van der Waals surface area (Å²) in [5.74, 6) is 0.963. The Hall–Kier alpha value is -2.50. The van der Waals surface area contributed by atoms with Crippen molar-refractivity contribution >= 4 is 11.2 Å². The zero-order valence-corrected chi connectivity index (χ0v) is 13.5. The maximum Gasteiger partial charge on any atom is 0.176 e. The van der Waals surface area contributed by atoms with Gasteiger partial charge in [-0.3, -0.25) is 4.99 Å². The van der Waals surface area contributed by atoms with E-state index in [9.17, 15) is 4.39 Å². The minimum absolute atomic E-state index is 0.235. The van der Waals surface area contributed by atoms with Gasteiger partial charge in [-0.25, -0.2) is 14.4 Å². The third-order valence-corrected chi connectivity index (χ3v) is 3.64. The summed E-state index contributed by atoms with van der Waals surface area (Å²) in [7, 11) is 0. The van der Waals surface area contributed by atoms with Crippen molar-refractivity contribution in [2.24, 2.45) is 4.99 Å². The number of benzene rings is 1. The van der Waals surface area contributed by atoms with Crippen LogP contribution >= 0.6 is 0 Å². The van der Waals surface area contributed by atoms with Crippen molar-refractivity contribution in [1.29, 1.82) is 0 Å². The molecule has 0 saturated heterocycles. The van der Waals surface area contributed by atoms with E-state index in [0.29, 0.717) is 18.6 Å². The van der Waals surface area contributed by atoms with Gasteiger partial charge in [0.25, 0.3) is 0 Å². The zero-order valence-electron chi connectivity index (χ0n) is 13.5. The molecule has 0 amide bonds. The first-order valence-electron chi connectivity index (χ1n) is 7.78. The van der Waals surface area contributed by atoms with Gasteiger partial charge in [0.05, 0.1) is 12.9 Å². The van der Waals surface area contributed by atoms with E-state index < -0.39 is 0 Å². The van der Waals surface area contributed by atoms with Crippen LogP contribution < -0.4 is 5.49 Å². The van der Waals surface area contributed by atoms with E-state index in [2.05, 4.69) is 28.8 Å². The lowest BCUT2D eigenvalue weighted by molar-refractivity contribution is 0.626. The van der Waals surface area contributed by atoms with Gasteiger partial charge < -0.3 is 9.55 Å². The van der Waals surface area contributed by atoms with Gasteiger partial charge in [0.2, 0.25) is 0 Å². The van der Waals surface area contributed by atoms with Crippen molar-refractivity contribution in [3.63, 3.8) is 0 Å². The molecule has 1 N–H and O–H groups in total. The molecule has 3 rings (SSSR count). The maximum absolute atomic E-state index is 13.1. The third-order valence-electron chi connectivity index (χ3n) is 3.64. The molecule has 0 unspecified atom stereocenters. The molecule has 23 heavy (non-hydrogen) atoms. The summed E-state index contributed by atoms with van der Waals surface area (Å²) in [6.07, 6.45) is 1.74. The molecule has 3 aromatic rings. The topological polar surface area (TPSA) is 58.9 Å². The van der Waals surface area contributed by atoms with Crippen LogP contribution in [0.1, 0.15) is 38.1 Å². The molecule has 0 aliphatic heterocycles. The van der Waals surface area contributed by atoms with Crippen LogP contribution in [0, 0.1) is 5.82 Å². The highest BCUT2D eigenvalue weighted by molar-refractivity contribution is 5.69. The molecule has 6 heteroatoms. The highest BCUT2D eigenvalue weighted by Crippen LogP contribution is 2.15. The van der Waals surface area contributed by atoms with Gasteiger partial charge in [0.1, 0.15) is 17.2 Å². The number of rotatable bonds is 4. The van der Waals surface area contributed by atoms with Gasteiger partial charge in [-0.15, -0.1) is 0 Å². The Morgan fingerprint density at radius 2 is 2.00 bits per heavy atom. The number of imidazole rings is 1. The molecule has 0 aliphatic carbocycles. The normalized spacial score (nSPS) is 12.5. The predicted octanol–water partition coefficient (Wildman–Crippen LogP) is 2.99. The number of aromatic nitrogens is 4. The van der Waals surface area contributed by atoms with Crippen molar-refractivity contribution in [1.82, 2.24) is 19.5 Å². The lowest BCUT2D eigenvalue weighted by Crippen LogP contribution is -2.15. The van der Waals surface area contributed by atoms with E-state index in [4.69, 9.17) is 4.98 Å². The highest BCUT2D eigenvalue weighted by atomic mass is 19.1. The lowest BCUT2D eigenvalue weighted by Gasteiger charge is -2.07. The number of nitrogens with zero attached hydrogens (tertiary/aromatic N) is 4. The number of fused-ring (bicyclic) bond motifs is 1. The third kappa shape index (κ3) is 3.16. The van der Waals surface area contributed by atoms with Gasteiger partial charge in [0, 0.05) is 12.5 Å². The largest absolute Gasteiger partial charge is 0.337 e. The van der Waals surface area contributed by atoms with Gasteiger partial charge in [-0.05, 0) is 24.6 Å². The van der Waals surface area contributed by atoms with E-state index in [1.54, 1.807) is 18.5 Å². The predicted molar refractivity (Wildman–Crippen MR) is 87.6 cm³/mol. The number of H-pyrrole nitrogens is 1. The molecule has 0 bridgehead atoms. The monoisotopic (exact) mass is 313 g/mol. The standard InChI is InChI=1S/C17H20FN5/c1-4-19-16-14-17(22-15(21-14)11(2)3)23(10-20-16)9-12-5-7-13(18)8-6-12/h5-8,10-11H,4,9H2,1-3H3,(H,21,22). The quantitative estimate of drug-likeness (QED) is 0.805. The van der Waals surface area contributed by atoms with Crippen molar-refractivity contribution < 1.29 is 4.39 Å². The summed E-state index contributed by atoms with van der Waals surface area (Å²) >= 11 is 0. The van der Waals surface area contributed by atoms with E-state index in [1.807, 2.05) is 11.5 Å². The molecular weight excluding hydrogens is 293 g/mol. The molecule has 0 radical (unpaired) electrons. The van der Waals surface area contributed by atoms with Crippen LogP contribution in [-0.2, 0) is 6.54 Å². The lowest BCUT2D eigenvalue weighted by atomic mass is 10.2. The minimum Gasteiger partial charge on any atom is -0.337 e. The second-order valence-electron chi connectivity index (χ2n) is 5.77. The molecule has 2 heterocycles. The van der Waals surface area contributed by atoms with Crippen LogP contribution in [0.25, 0.3) is 11.2 Å². The Labute approximate surface area is 133 Å². The van der Waals surface area contributed by atoms with Crippen LogP contribution in [-0.4, -0.2) is 26.1 Å². The molecule has 0 spiro atoms. The Morgan fingerprint density at radius 3 is 2.65 bits per heavy atom. The first kappa shape index (κ1) is 15.4. The van der Waals surface area contributed by atoms with Gasteiger partial charge >= 0.3 is 0 Å². The Bertz CT molecular complexity index is 874. The number of halogens is 1. The molecule has 120 valence electrons. The molecule has 0 saturated carbocycles. The van der Waals surface area contributed by atoms with E-state index in [1.165, 1.54) is 12.1 Å². The highest BCUT2D eigenvalue weighted by Gasteiger charge is 2.12. The van der Waals surface area contributed by atoms with Crippen LogP contribution in [0.4, 0.5) is 4.39 Å².